The number of benzene rings is 1. The number of nitrogens with zero attached hydrogens (tertiary/aromatic N) is 1. The highest BCUT2D eigenvalue weighted by Gasteiger charge is 2.38. The molecule has 0 amide bonds. The van der Waals surface area contributed by atoms with E-state index in [1.807, 2.05) is 6.07 Å². The first-order valence-electron chi connectivity index (χ1n) is 8.01. The topological polar surface area (TPSA) is 62.3 Å². The van der Waals surface area contributed by atoms with Gasteiger partial charge in [-0.05, 0) is 18.4 Å². The molecule has 1 aliphatic heterocycles. The lowest BCUT2D eigenvalue weighted by Crippen LogP contribution is -2.54. The Kier molecular flexibility index (Phi) is 4.56. The van der Waals surface area contributed by atoms with Crippen molar-refractivity contribution in [2.24, 2.45) is 5.73 Å². The van der Waals surface area contributed by atoms with E-state index in [1.54, 1.807) is 0 Å². The second kappa shape index (κ2) is 6.58. The molecule has 3 N–H and O–H groups in total. The zero-order valence-electron chi connectivity index (χ0n) is 12.5. The molecule has 1 heterocycles. The predicted molar refractivity (Wildman–Crippen MR) is 84.4 cm³/mol. The van der Waals surface area contributed by atoms with Gasteiger partial charge in [-0.25, -0.2) is 0 Å². The summed E-state index contributed by atoms with van der Waals surface area (Å²) in [5.41, 5.74) is 6.99. The first-order chi connectivity index (χ1) is 10.3. The maximum atomic E-state index is 7.74. The molecule has 4 heteroatoms. The van der Waals surface area contributed by atoms with Crippen molar-refractivity contribution in [3.8, 4) is 0 Å². The van der Waals surface area contributed by atoms with Crippen LogP contribution in [0, 0.1) is 5.41 Å². The highest BCUT2D eigenvalue weighted by atomic mass is 16.5. The number of hydrogen-bond donors (Lipinski definition) is 2. The van der Waals surface area contributed by atoms with E-state index in [4.69, 9.17) is 15.9 Å². The molecule has 21 heavy (non-hydrogen) atoms. The normalized spacial score (nSPS) is 27.8. The number of nitrogens with two attached hydrogens (primary N) is 1. The van der Waals surface area contributed by atoms with Crippen LogP contribution in [0.5, 0.6) is 0 Å². The van der Waals surface area contributed by atoms with E-state index in [-0.39, 0.29) is 11.9 Å². The van der Waals surface area contributed by atoms with E-state index < -0.39 is 0 Å². The van der Waals surface area contributed by atoms with Gasteiger partial charge in [0.25, 0.3) is 0 Å². The van der Waals surface area contributed by atoms with Crippen molar-refractivity contribution in [3.05, 3.63) is 35.9 Å². The van der Waals surface area contributed by atoms with E-state index in [9.17, 15) is 0 Å². The van der Waals surface area contributed by atoms with Crippen molar-refractivity contribution >= 4 is 5.84 Å². The Morgan fingerprint density at radius 1 is 1.29 bits per heavy atom. The maximum Gasteiger partial charge on any atom is 0.0924 e. The van der Waals surface area contributed by atoms with Crippen LogP contribution in [0.1, 0.15) is 43.7 Å². The molecule has 2 aliphatic rings. The Morgan fingerprint density at radius 2 is 2.05 bits per heavy atom. The summed E-state index contributed by atoms with van der Waals surface area (Å²) >= 11 is 0. The molecule has 3 unspecified atom stereocenters. The second-order valence-corrected chi connectivity index (χ2v) is 6.15. The molecule has 0 bridgehead atoms. The van der Waals surface area contributed by atoms with Crippen LogP contribution in [0.15, 0.2) is 30.3 Å². The molecular formula is C17H25N3O. The average molecular weight is 287 g/mol. The fourth-order valence-electron chi connectivity index (χ4n) is 3.82. The predicted octanol–water partition coefficient (Wildman–Crippen LogP) is 2.70. The smallest absolute Gasteiger partial charge is 0.0924 e. The zero-order valence-corrected chi connectivity index (χ0v) is 12.5. The minimum Gasteiger partial charge on any atom is -0.388 e. The lowest BCUT2D eigenvalue weighted by molar-refractivity contribution is -0.102. The molecular weight excluding hydrogens is 262 g/mol. The van der Waals surface area contributed by atoms with Crippen LogP contribution in [0.4, 0.5) is 0 Å². The Balaban J connectivity index is 1.86. The summed E-state index contributed by atoms with van der Waals surface area (Å²) in [6.07, 6.45) is 5.90. The first kappa shape index (κ1) is 14.5. The highest BCUT2D eigenvalue weighted by molar-refractivity contribution is 5.77. The Labute approximate surface area is 126 Å². The fourth-order valence-corrected chi connectivity index (χ4v) is 3.82. The molecule has 1 aliphatic carbocycles. The lowest BCUT2D eigenvalue weighted by atomic mass is 9.87. The van der Waals surface area contributed by atoms with Gasteiger partial charge in [-0.15, -0.1) is 0 Å². The molecule has 0 radical (unpaired) electrons. The van der Waals surface area contributed by atoms with Gasteiger partial charge >= 0.3 is 0 Å². The van der Waals surface area contributed by atoms with Crippen molar-refractivity contribution in [2.75, 3.05) is 13.2 Å². The summed E-state index contributed by atoms with van der Waals surface area (Å²) in [6.45, 7) is 1.73. The van der Waals surface area contributed by atoms with Gasteiger partial charge in [0.15, 0.2) is 0 Å². The van der Waals surface area contributed by atoms with Crippen LogP contribution in [0.3, 0.4) is 0 Å². The van der Waals surface area contributed by atoms with Crippen LogP contribution in [-0.4, -0.2) is 36.0 Å². The minimum atomic E-state index is 0.207. The van der Waals surface area contributed by atoms with Gasteiger partial charge in [-0.2, -0.15) is 0 Å². The third-order valence-corrected chi connectivity index (χ3v) is 4.77. The summed E-state index contributed by atoms with van der Waals surface area (Å²) in [4.78, 5) is 2.55. The second-order valence-electron chi connectivity index (χ2n) is 6.15. The molecule has 2 fully saturated rings. The third-order valence-electron chi connectivity index (χ3n) is 4.77. The molecule has 0 spiro atoms. The minimum absolute atomic E-state index is 0.207. The summed E-state index contributed by atoms with van der Waals surface area (Å²) in [7, 11) is 0. The highest BCUT2D eigenvalue weighted by Crippen LogP contribution is 2.35. The molecule has 1 saturated heterocycles. The largest absolute Gasteiger partial charge is 0.388 e. The molecule has 1 saturated carbocycles. The summed E-state index contributed by atoms with van der Waals surface area (Å²) in [6, 6.07) is 11.2. The van der Waals surface area contributed by atoms with Crippen LogP contribution >= 0.6 is 0 Å². The van der Waals surface area contributed by atoms with Gasteiger partial charge in [-0.1, -0.05) is 43.2 Å². The number of morpholine rings is 1. The van der Waals surface area contributed by atoms with E-state index in [2.05, 4.69) is 29.2 Å². The average Bonchev–Trinajstić information content (AvgIpc) is 2.53. The number of rotatable bonds is 4. The van der Waals surface area contributed by atoms with E-state index in [0.29, 0.717) is 18.6 Å². The number of hydrogen-bond acceptors (Lipinski definition) is 3. The molecule has 3 atom stereocenters. The van der Waals surface area contributed by atoms with Crippen LogP contribution < -0.4 is 5.73 Å². The number of fused-ring (bicyclic) bond motifs is 1. The quantitative estimate of drug-likeness (QED) is 0.661. The maximum absolute atomic E-state index is 7.74. The Hall–Kier alpha value is -1.39. The van der Waals surface area contributed by atoms with Crippen molar-refractivity contribution in [1.82, 2.24) is 4.90 Å². The summed E-state index contributed by atoms with van der Waals surface area (Å²) in [5, 5.41) is 7.74. The van der Waals surface area contributed by atoms with Gasteiger partial charge in [0.1, 0.15) is 0 Å². The van der Waals surface area contributed by atoms with Gasteiger partial charge in [-0.3, -0.25) is 10.3 Å². The third kappa shape index (κ3) is 3.27. The SMILES string of the molecule is N=C(N)CC(c1ccccc1)N1CCOC2CCCCC21. The first-order valence-corrected chi connectivity index (χ1v) is 8.01. The van der Waals surface area contributed by atoms with Crippen molar-refractivity contribution < 1.29 is 4.74 Å². The van der Waals surface area contributed by atoms with Crippen molar-refractivity contribution in [3.63, 3.8) is 0 Å². The van der Waals surface area contributed by atoms with Crippen LogP contribution in [-0.2, 0) is 4.74 Å². The monoisotopic (exact) mass is 287 g/mol. The number of nitrogens with one attached hydrogen (secondary N) is 1. The standard InChI is InChI=1S/C17H25N3O/c18-17(19)12-15(13-6-2-1-3-7-13)20-10-11-21-16-9-5-4-8-14(16)20/h1-3,6-7,14-16H,4-5,8-12H2,(H3,18,19). The van der Waals surface area contributed by atoms with Gasteiger partial charge < -0.3 is 10.5 Å². The molecule has 3 rings (SSSR count). The van der Waals surface area contributed by atoms with E-state index in [1.165, 1.54) is 31.2 Å². The molecule has 1 aromatic rings. The van der Waals surface area contributed by atoms with Crippen LogP contribution in [0.2, 0.25) is 0 Å². The van der Waals surface area contributed by atoms with Crippen LogP contribution in [0.25, 0.3) is 0 Å². The fraction of sp³-hybridized carbons (Fsp3) is 0.588. The number of ether oxygens (including phenoxy) is 1. The van der Waals surface area contributed by atoms with Crippen molar-refractivity contribution in [1.29, 1.82) is 5.41 Å². The van der Waals surface area contributed by atoms with Gasteiger partial charge in [0.05, 0.1) is 18.5 Å². The molecule has 0 aromatic heterocycles. The van der Waals surface area contributed by atoms with E-state index in [0.717, 1.165) is 13.2 Å². The Morgan fingerprint density at radius 3 is 2.81 bits per heavy atom. The van der Waals surface area contributed by atoms with Crippen molar-refractivity contribution in [2.45, 2.75) is 50.3 Å². The number of amidine groups is 1. The van der Waals surface area contributed by atoms with Gasteiger partial charge in [0.2, 0.25) is 0 Å². The van der Waals surface area contributed by atoms with E-state index >= 15 is 0 Å². The summed E-state index contributed by atoms with van der Waals surface area (Å²) < 4.78 is 5.98. The molecule has 4 nitrogen and oxygen atoms in total. The Bertz CT molecular complexity index is 474. The molecule has 114 valence electrons. The summed E-state index contributed by atoms with van der Waals surface area (Å²) in [5.74, 6) is 0.266. The van der Waals surface area contributed by atoms with Gasteiger partial charge in [0, 0.05) is 25.0 Å². The molecule has 1 aromatic carbocycles. The lowest BCUT2D eigenvalue weighted by Gasteiger charge is -2.47. The zero-order chi connectivity index (χ0) is 14.7.